The van der Waals surface area contributed by atoms with Gasteiger partial charge in [0.1, 0.15) is 5.76 Å². The molecule has 0 amide bonds. The highest BCUT2D eigenvalue weighted by Gasteiger charge is 2.32. The average Bonchev–Trinajstić information content (AvgIpc) is 2.35. The molecule has 1 aliphatic heterocycles. The Hall–Kier alpha value is -0.790. The molecule has 0 aromatic rings. The van der Waals surface area contributed by atoms with Crippen molar-refractivity contribution in [2.24, 2.45) is 16.5 Å². The van der Waals surface area contributed by atoms with Crippen LogP contribution in [0, 0.1) is 11.3 Å². The Morgan fingerprint density at radius 3 is 2.42 bits per heavy atom. The van der Waals surface area contributed by atoms with E-state index in [0.717, 1.165) is 17.9 Å². The number of oxime groups is 1. The second kappa shape index (κ2) is 2.92. The van der Waals surface area contributed by atoms with E-state index in [4.69, 9.17) is 4.84 Å². The van der Waals surface area contributed by atoms with E-state index in [1.165, 1.54) is 0 Å². The summed E-state index contributed by atoms with van der Waals surface area (Å²) in [4.78, 5) is 5.00. The van der Waals surface area contributed by atoms with E-state index in [1.807, 2.05) is 0 Å². The maximum Gasteiger partial charge on any atom is 0.133 e. The maximum atomic E-state index is 5.00. The number of hydrogen-bond acceptors (Lipinski definition) is 2. The smallest absolute Gasteiger partial charge is 0.133 e. The minimum atomic E-state index is 0.124. The van der Waals surface area contributed by atoms with Crippen LogP contribution < -0.4 is 0 Å². The number of allylic oxidation sites excluding steroid dienone is 1. The zero-order chi connectivity index (χ0) is 9.35. The quantitative estimate of drug-likeness (QED) is 0.619. The van der Waals surface area contributed by atoms with Crippen molar-refractivity contribution in [2.45, 2.75) is 34.1 Å². The molecule has 0 unspecified atom stereocenters. The third-order valence-electron chi connectivity index (χ3n) is 2.84. The molecule has 2 heteroatoms. The SMILES string of the molecule is C=C1CC(C(C)(C)C(C)C)=NO1. The van der Waals surface area contributed by atoms with E-state index < -0.39 is 0 Å². The van der Waals surface area contributed by atoms with Crippen LogP contribution in [0.4, 0.5) is 0 Å². The van der Waals surface area contributed by atoms with E-state index in [-0.39, 0.29) is 5.41 Å². The van der Waals surface area contributed by atoms with Gasteiger partial charge in [-0.15, -0.1) is 0 Å². The van der Waals surface area contributed by atoms with Gasteiger partial charge >= 0.3 is 0 Å². The van der Waals surface area contributed by atoms with Crippen molar-refractivity contribution < 1.29 is 4.84 Å². The predicted octanol–water partition coefficient (Wildman–Crippen LogP) is 2.96. The molecule has 0 bridgehead atoms. The van der Waals surface area contributed by atoms with Gasteiger partial charge in [-0.1, -0.05) is 39.4 Å². The van der Waals surface area contributed by atoms with Crippen LogP contribution in [0.25, 0.3) is 0 Å². The Morgan fingerprint density at radius 1 is 1.50 bits per heavy atom. The van der Waals surface area contributed by atoms with Crippen LogP contribution in [0.3, 0.4) is 0 Å². The zero-order valence-electron chi connectivity index (χ0n) is 8.35. The molecule has 0 N–H and O–H groups in total. The molecule has 2 nitrogen and oxygen atoms in total. The third-order valence-corrected chi connectivity index (χ3v) is 2.84. The first-order valence-electron chi connectivity index (χ1n) is 4.36. The summed E-state index contributed by atoms with van der Waals surface area (Å²) in [6, 6.07) is 0. The summed E-state index contributed by atoms with van der Waals surface area (Å²) < 4.78 is 0. The molecule has 12 heavy (non-hydrogen) atoms. The van der Waals surface area contributed by atoms with Gasteiger partial charge in [0, 0.05) is 5.41 Å². The van der Waals surface area contributed by atoms with Gasteiger partial charge in [0.15, 0.2) is 0 Å². The molecule has 1 aliphatic rings. The minimum Gasteiger partial charge on any atom is -0.362 e. The fourth-order valence-corrected chi connectivity index (χ4v) is 1.05. The molecule has 0 radical (unpaired) electrons. The normalized spacial score (nSPS) is 18.1. The summed E-state index contributed by atoms with van der Waals surface area (Å²) in [5, 5.41) is 4.03. The highest BCUT2D eigenvalue weighted by molar-refractivity contribution is 5.92. The molecule has 0 fully saturated rings. The molecule has 0 aromatic carbocycles. The third kappa shape index (κ3) is 1.52. The Labute approximate surface area is 74.3 Å². The lowest BCUT2D eigenvalue weighted by Crippen LogP contribution is -2.28. The van der Waals surface area contributed by atoms with E-state index in [0.29, 0.717) is 5.92 Å². The van der Waals surface area contributed by atoms with Crippen LogP contribution >= 0.6 is 0 Å². The molecule has 0 saturated heterocycles. The second-order valence-corrected chi connectivity index (χ2v) is 4.22. The van der Waals surface area contributed by atoms with Gasteiger partial charge in [-0.25, -0.2) is 0 Å². The summed E-state index contributed by atoms with van der Waals surface area (Å²) in [7, 11) is 0. The van der Waals surface area contributed by atoms with Crippen molar-refractivity contribution in [3.63, 3.8) is 0 Å². The molecule has 0 atom stereocenters. The molecule has 1 rings (SSSR count). The standard InChI is InChI=1S/C10H17NO/c1-7(2)10(4,5)9-6-8(3)12-11-9/h7H,3,6H2,1-2,4-5H3. The predicted molar refractivity (Wildman–Crippen MR) is 50.9 cm³/mol. The van der Waals surface area contributed by atoms with Crippen molar-refractivity contribution in [3.05, 3.63) is 12.3 Å². The average molecular weight is 167 g/mol. The van der Waals surface area contributed by atoms with Crippen LogP contribution in [0.15, 0.2) is 17.5 Å². The van der Waals surface area contributed by atoms with Gasteiger partial charge in [0.2, 0.25) is 0 Å². The van der Waals surface area contributed by atoms with Crippen LogP contribution in [0.5, 0.6) is 0 Å². The Bertz CT molecular complexity index is 226. The van der Waals surface area contributed by atoms with E-state index >= 15 is 0 Å². The number of rotatable bonds is 2. The fraction of sp³-hybridized carbons (Fsp3) is 0.700. The highest BCUT2D eigenvalue weighted by Crippen LogP contribution is 2.33. The lowest BCUT2D eigenvalue weighted by Gasteiger charge is -2.27. The first-order valence-corrected chi connectivity index (χ1v) is 4.36. The first-order chi connectivity index (χ1) is 5.44. The van der Waals surface area contributed by atoms with Gasteiger partial charge in [0.25, 0.3) is 0 Å². The first kappa shape index (κ1) is 9.30. The monoisotopic (exact) mass is 167 g/mol. The van der Waals surface area contributed by atoms with Gasteiger partial charge < -0.3 is 4.84 Å². The van der Waals surface area contributed by atoms with Crippen LogP contribution in [-0.4, -0.2) is 5.71 Å². The largest absolute Gasteiger partial charge is 0.362 e. The summed E-state index contributed by atoms with van der Waals surface area (Å²) in [5.41, 5.74) is 1.24. The lowest BCUT2D eigenvalue weighted by atomic mass is 9.76. The van der Waals surface area contributed by atoms with Crippen LogP contribution in [0.2, 0.25) is 0 Å². The number of nitrogens with zero attached hydrogens (tertiary/aromatic N) is 1. The Morgan fingerprint density at radius 2 is 2.08 bits per heavy atom. The highest BCUT2D eigenvalue weighted by atomic mass is 16.6. The summed E-state index contributed by atoms with van der Waals surface area (Å²) in [6.07, 6.45) is 0.797. The molecular formula is C10H17NO. The molecule has 0 aliphatic carbocycles. The Kier molecular flexibility index (Phi) is 2.27. The fourth-order valence-electron chi connectivity index (χ4n) is 1.05. The van der Waals surface area contributed by atoms with Gasteiger partial charge in [-0.3, -0.25) is 0 Å². The molecular weight excluding hydrogens is 150 g/mol. The summed E-state index contributed by atoms with van der Waals surface area (Å²) in [5.74, 6) is 1.34. The van der Waals surface area contributed by atoms with Crippen molar-refractivity contribution in [1.29, 1.82) is 0 Å². The maximum absolute atomic E-state index is 5.00. The van der Waals surface area contributed by atoms with E-state index in [9.17, 15) is 0 Å². The van der Waals surface area contributed by atoms with Gasteiger partial charge in [-0.05, 0) is 5.92 Å². The molecule has 68 valence electrons. The second-order valence-electron chi connectivity index (χ2n) is 4.22. The van der Waals surface area contributed by atoms with Crippen molar-refractivity contribution in [1.82, 2.24) is 0 Å². The minimum absolute atomic E-state index is 0.124. The van der Waals surface area contributed by atoms with E-state index in [1.54, 1.807) is 0 Å². The Balaban J connectivity index is 2.76. The zero-order valence-corrected chi connectivity index (χ0v) is 8.35. The summed E-state index contributed by atoms with van der Waals surface area (Å²) >= 11 is 0. The van der Waals surface area contributed by atoms with Crippen molar-refractivity contribution in [2.75, 3.05) is 0 Å². The lowest BCUT2D eigenvalue weighted by molar-refractivity contribution is 0.243. The van der Waals surface area contributed by atoms with Crippen molar-refractivity contribution in [3.8, 4) is 0 Å². The van der Waals surface area contributed by atoms with Crippen molar-refractivity contribution >= 4 is 5.71 Å². The molecule has 0 aromatic heterocycles. The number of hydrogen-bond donors (Lipinski definition) is 0. The van der Waals surface area contributed by atoms with Gasteiger partial charge in [0.05, 0.1) is 12.1 Å². The molecule has 0 spiro atoms. The van der Waals surface area contributed by atoms with Crippen LogP contribution in [-0.2, 0) is 4.84 Å². The van der Waals surface area contributed by atoms with Gasteiger partial charge in [-0.2, -0.15) is 0 Å². The summed E-state index contributed by atoms with van der Waals surface area (Å²) in [6.45, 7) is 12.5. The topological polar surface area (TPSA) is 21.6 Å². The molecule has 0 saturated carbocycles. The van der Waals surface area contributed by atoms with Crippen LogP contribution in [0.1, 0.15) is 34.1 Å². The molecule has 1 heterocycles. The van der Waals surface area contributed by atoms with E-state index in [2.05, 4.69) is 39.4 Å².